The molecule has 0 atom stereocenters. The third kappa shape index (κ3) is 5.12. The monoisotopic (exact) mass is 545 g/mol. The van der Waals surface area contributed by atoms with E-state index in [0.29, 0.717) is 15.7 Å². The zero-order chi connectivity index (χ0) is 27.0. The lowest BCUT2D eigenvalue weighted by Crippen LogP contribution is -2.27. The highest BCUT2D eigenvalue weighted by Gasteiger charge is 2.33. The average Bonchev–Trinajstić information content (AvgIpc) is 3.15. The lowest BCUT2D eigenvalue weighted by Gasteiger charge is -2.16. The van der Waals surface area contributed by atoms with Gasteiger partial charge in [-0.15, -0.1) is 0 Å². The van der Waals surface area contributed by atoms with E-state index in [1.807, 2.05) is 25.1 Å². The molecular weight excluding hydrogens is 521 g/mol. The Morgan fingerprint density at radius 2 is 1.87 bits per heavy atom. The minimum atomic E-state index is -0.367. The molecule has 0 N–H and O–H groups in total. The molecule has 0 saturated carbocycles. The number of thioether (sulfide) groups is 1. The molecule has 1 fully saturated rings. The molecule has 1 amide bonds. The van der Waals surface area contributed by atoms with Crippen LogP contribution in [0.4, 0.5) is 4.39 Å². The maximum atomic E-state index is 13.6. The number of amides is 1. The molecule has 0 spiro atoms. The summed E-state index contributed by atoms with van der Waals surface area (Å²) in [6, 6.07) is 17.1. The van der Waals surface area contributed by atoms with Crippen LogP contribution in [0.3, 0.4) is 0 Å². The van der Waals surface area contributed by atoms with E-state index in [2.05, 4.69) is 18.8 Å². The largest absolute Gasteiger partial charge is 0.438 e. The van der Waals surface area contributed by atoms with Crippen LogP contribution >= 0.6 is 24.0 Å². The molecule has 3 heterocycles. The van der Waals surface area contributed by atoms with Crippen molar-refractivity contribution in [3.8, 4) is 11.6 Å². The molecule has 0 unspecified atom stereocenters. The molecule has 4 aromatic rings. The number of nitrogens with zero attached hydrogens (tertiary/aromatic N) is 3. The molecule has 6 nitrogen and oxygen atoms in total. The quantitative estimate of drug-likeness (QED) is 0.205. The van der Waals surface area contributed by atoms with Crippen molar-refractivity contribution in [2.24, 2.45) is 0 Å². The number of carbonyl (C=O) groups is 1. The number of hydrogen-bond donors (Lipinski definition) is 0. The number of fused-ring (bicyclic) bond motifs is 1. The molecule has 0 radical (unpaired) electrons. The summed E-state index contributed by atoms with van der Waals surface area (Å²) in [5.41, 5.74) is 2.92. The highest BCUT2D eigenvalue weighted by Crippen LogP contribution is 2.36. The second-order valence-electron chi connectivity index (χ2n) is 9.26. The predicted molar refractivity (Wildman–Crippen MR) is 152 cm³/mol. The Kier molecular flexibility index (Phi) is 7.14. The Morgan fingerprint density at radius 1 is 1.11 bits per heavy atom. The zero-order valence-electron chi connectivity index (χ0n) is 21.0. The summed E-state index contributed by atoms with van der Waals surface area (Å²) in [6.07, 6.45) is 3.12. The maximum absolute atomic E-state index is 13.6. The standard InChI is InChI=1S/C29H24FN3O3S2/c1-17(2)21-12-7-18(3)14-23(21)36-26-22(27(34)32-13-5-4-6-25(32)31-26)15-24-28(35)33(29(37)38-24)16-19-8-10-20(30)11-9-19/h4-15,17H,16H2,1-3H3/b24-15+. The van der Waals surface area contributed by atoms with Gasteiger partial charge in [0.05, 0.1) is 11.4 Å². The third-order valence-corrected chi connectivity index (χ3v) is 7.51. The van der Waals surface area contributed by atoms with Crippen LogP contribution in [0.1, 0.15) is 42.0 Å². The lowest BCUT2D eigenvalue weighted by atomic mass is 10.0. The Balaban J connectivity index is 1.58. The first-order valence-electron chi connectivity index (χ1n) is 12.0. The summed E-state index contributed by atoms with van der Waals surface area (Å²) in [5.74, 6) is 0.192. The second kappa shape index (κ2) is 10.5. The highest BCUT2D eigenvalue weighted by molar-refractivity contribution is 8.26. The zero-order valence-corrected chi connectivity index (χ0v) is 22.6. The van der Waals surface area contributed by atoms with E-state index in [9.17, 15) is 14.0 Å². The maximum Gasteiger partial charge on any atom is 0.269 e. The number of aromatic nitrogens is 2. The van der Waals surface area contributed by atoms with Crippen molar-refractivity contribution in [2.45, 2.75) is 33.2 Å². The number of halogens is 1. The first-order chi connectivity index (χ1) is 18.2. The van der Waals surface area contributed by atoms with Gasteiger partial charge in [0.15, 0.2) is 0 Å². The Labute approximate surface area is 228 Å². The van der Waals surface area contributed by atoms with Crippen molar-refractivity contribution in [1.29, 1.82) is 0 Å². The van der Waals surface area contributed by atoms with Gasteiger partial charge in [-0.1, -0.05) is 68.2 Å². The lowest BCUT2D eigenvalue weighted by molar-refractivity contribution is -0.122. The fraction of sp³-hybridized carbons (Fsp3) is 0.172. The van der Waals surface area contributed by atoms with Crippen LogP contribution in [0.15, 0.2) is 76.6 Å². The van der Waals surface area contributed by atoms with Gasteiger partial charge in [0.1, 0.15) is 27.1 Å². The number of carbonyl (C=O) groups excluding carboxylic acids is 1. The molecule has 5 rings (SSSR count). The Bertz CT molecular complexity index is 1660. The first kappa shape index (κ1) is 25.8. The van der Waals surface area contributed by atoms with Gasteiger partial charge < -0.3 is 4.74 Å². The van der Waals surface area contributed by atoms with E-state index in [4.69, 9.17) is 17.0 Å². The molecule has 0 bridgehead atoms. The van der Waals surface area contributed by atoms with Gasteiger partial charge in [0, 0.05) is 6.20 Å². The second-order valence-corrected chi connectivity index (χ2v) is 10.9. The van der Waals surface area contributed by atoms with Crippen LogP contribution in [-0.2, 0) is 11.3 Å². The smallest absolute Gasteiger partial charge is 0.269 e. The van der Waals surface area contributed by atoms with Crippen LogP contribution in [0.25, 0.3) is 11.7 Å². The van der Waals surface area contributed by atoms with Gasteiger partial charge in [-0.2, -0.15) is 4.98 Å². The summed E-state index contributed by atoms with van der Waals surface area (Å²) >= 11 is 6.57. The molecule has 1 saturated heterocycles. The molecule has 2 aromatic heterocycles. The fourth-order valence-corrected chi connectivity index (χ4v) is 5.37. The van der Waals surface area contributed by atoms with Crippen molar-refractivity contribution in [1.82, 2.24) is 14.3 Å². The van der Waals surface area contributed by atoms with Crippen LogP contribution in [0, 0.1) is 12.7 Å². The number of hydrogen-bond acceptors (Lipinski definition) is 6. The van der Waals surface area contributed by atoms with Crippen molar-refractivity contribution in [3.63, 3.8) is 0 Å². The van der Waals surface area contributed by atoms with Gasteiger partial charge in [0.25, 0.3) is 11.5 Å². The predicted octanol–water partition coefficient (Wildman–Crippen LogP) is 6.46. The van der Waals surface area contributed by atoms with E-state index in [1.165, 1.54) is 27.5 Å². The van der Waals surface area contributed by atoms with Crippen molar-refractivity contribution in [3.05, 3.63) is 110 Å². The van der Waals surface area contributed by atoms with Gasteiger partial charge in [-0.05, 0) is 65.9 Å². The highest BCUT2D eigenvalue weighted by atomic mass is 32.2. The summed E-state index contributed by atoms with van der Waals surface area (Å²) in [4.78, 5) is 33.3. The minimum Gasteiger partial charge on any atom is -0.438 e. The third-order valence-electron chi connectivity index (χ3n) is 6.13. The molecule has 9 heteroatoms. The number of aryl methyl sites for hydroxylation is 1. The van der Waals surface area contributed by atoms with Crippen molar-refractivity contribution in [2.75, 3.05) is 0 Å². The van der Waals surface area contributed by atoms with E-state index in [1.54, 1.807) is 36.5 Å². The van der Waals surface area contributed by atoms with Crippen LogP contribution in [-0.4, -0.2) is 24.5 Å². The van der Waals surface area contributed by atoms with Crippen LogP contribution < -0.4 is 10.3 Å². The van der Waals surface area contributed by atoms with Gasteiger partial charge in [-0.3, -0.25) is 18.9 Å². The summed E-state index contributed by atoms with van der Waals surface area (Å²) in [5, 5.41) is 0. The van der Waals surface area contributed by atoms with Gasteiger partial charge in [0.2, 0.25) is 5.88 Å². The molecular formula is C29H24FN3O3S2. The topological polar surface area (TPSA) is 63.9 Å². The van der Waals surface area contributed by atoms with E-state index in [-0.39, 0.29) is 46.1 Å². The number of benzene rings is 2. The van der Waals surface area contributed by atoms with Crippen molar-refractivity contribution < 1.29 is 13.9 Å². The summed E-state index contributed by atoms with van der Waals surface area (Å²) in [6.45, 7) is 6.29. The molecule has 2 aromatic carbocycles. The molecule has 192 valence electrons. The van der Waals surface area contributed by atoms with Crippen molar-refractivity contribution >= 4 is 45.9 Å². The summed E-state index contributed by atoms with van der Waals surface area (Å²) in [7, 11) is 0. The fourth-order valence-electron chi connectivity index (χ4n) is 4.13. The van der Waals surface area contributed by atoms with Crippen LogP contribution in [0.2, 0.25) is 0 Å². The van der Waals surface area contributed by atoms with E-state index in [0.717, 1.165) is 28.5 Å². The normalized spacial score (nSPS) is 14.8. The summed E-state index contributed by atoms with van der Waals surface area (Å²) < 4.78 is 21.4. The Hall–Kier alpha value is -3.82. The van der Waals surface area contributed by atoms with Gasteiger partial charge >= 0.3 is 0 Å². The number of pyridine rings is 1. The SMILES string of the molecule is Cc1ccc(C(C)C)c(Oc2nc3ccccn3c(=O)c2/C=C2/SC(=S)N(Cc3ccc(F)cc3)C2=O)c1. The molecule has 1 aliphatic heterocycles. The van der Waals surface area contributed by atoms with Crippen LogP contribution in [0.5, 0.6) is 11.6 Å². The molecule has 1 aliphatic rings. The van der Waals surface area contributed by atoms with E-state index < -0.39 is 0 Å². The molecule has 38 heavy (non-hydrogen) atoms. The first-order valence-corrected chi connectivity index (χ1v) is 13.2. The van der Waals surface area contributed by atoms with E-state index >= 15 is 0 Å². The van der Waals surface area contributed by atoms with Gasteiger partial charge in [-0.25, -0.2) is 4.39 Å². The Morgan fingerprint density at radius 3 is 2.61 bits per heavy atom. The minimum absolute atomic E-state index is 0.109. The average molecular weight is 546 g/mol. The number of thiocarbonyl (C=S) groups is 1. The number of ether oxygens (including phenoxy) is 1. The molecule has 0 aliphatic carbocycles. The number of rotatable bonds is 6.